The Hall–Kier alpha value is -1.83. The molecule has 0 saturated heterocycles. The lowest BCUT2D eigenvalue weighted by Gasteiger charge is -2.17. The maximum Gasteiger partial charge on any atom is 0.330 e. The van der Waals surface area contributed by atoms with Crippen LogP contribution in [0, 0.1) is 5.41 Å². The molecular formula is C18H28O7S. The summed E-state index contributed by atoms with van der Waals surface area (Å²) < 4.78 is 14.6. The largest absolute Gasteiger partial charge is 0.466 e. The van der Waals surface area contributed by atoms with E-state index in [1.54, 1.807) is 0 Å². The number of carbonyl (C=O) groups is 4. The normalized spacial score (nSPS) is 10.7. The first-order valence-corrected chi connectivity index (χ1v) is 9.38. The van der Waals surface area contributed by atoms with Gasteiger partial charge in [0.25, 0.3) is 0 Å². The molecule has 0 aromatic carbocycles. The van der Waals surface area contributed by atoms with Crippen molar-refractivity contribution in [3.05, 3.63) is 12.7 Å². The predicted molar refractivity (Wildman–Crippen MR) is 98.5 cm³/mol. The van der Waals surface area contributed by atoms with Crippen LogP contribution in [0.5, 0.6) is 0 Å². The van der Waals surface area contributed by atoms with E-state index >= 15 is 0 Å². The first kappa shape index (κ1) is 24.2. The SMILES string of the molecule is C=CC(=O)OCCOC(=O)CCC(=O)SCCC(=O)OCCC(C)(C)C. The molecule has 0 amide bonds. The third kappa shape index (κ3) is 15.7. The summed E-state index contributed by atoms with van der Waals surface area (Å²) in [5.74, 6) is -1.15. The lowest BCUT2D eigenvalue weighted by atomic mass is 9.93. The number of hydrogen-bond donors (Lipinski definition) is 0. The van der Waals surface area contributed by atoms with Gasteiger partial charge in [0.1, 0.15) is 13.2 Å². The molecule has 0 fully saturated rings. The molecule has 0 rings (SSSR count). The number of carbonyl (C=O) groups excluding carboxylic acids is 4. The zero-order valence-corrected chi connectivity index (χ0v) is 16.5. The third-order valence-electron chi connectivity index (χ3n) is 2.97. The highest BCUT2D eigenvalue weighted by Gasteiger charge is 2.13. The quantitative estimate of drug-likeness (QED) is 0.218. The second-order valence-electron chi connectivity index (χ2n) is 6.59. The zero-order valence-electron chi connectivity index (χ0n) is 15.7. The standard InChI is InChI=1S/C18H28O7S/c1-5-14(19)24-11-12-25-15(20)6-7-17(22)26-13-8-16(21)23-10-9-18(2,3)4/h5H,1,6-13H2,2-4H3. The van der Waals surface area contributed by atoms with Gasteiger partial charge in [-0.25, -0.2) is 4.79 Å². The van der Waals surface area contributed by atoms with Crippen molar-refractivity contribution in [2.45, 2.75) is 46.5 Å². The van der Waals surface area contributed by atoms with Gasteiger partial charge in [-0.2, -0.15) is 0 Å². The molecule has 0 bridgehead atoms. The number of ether oxygens (including phenoxy) is 3. The first-order chi connectivity index (χ1) is 12.1. The van der Waals surface area contributed by atoms with Crippen LogP contribution in [0.15, 0.2) is 12.7 Å². The Morgan fingerprint density at radius 3 is 2.08 bits per heavy atom. The van der Waals surface area contributed by atoms with E-state index in [9.17, 15) is 19.2 Å². The lowest BCUT2D eigenvalue weighted by Crippen LogP contribution is -2.14. The van der Waals surface area contributed by atoms with E-state index in [1.165, 1.54) is 0 Å². The average molecular weight is 388 g/mol. The fraction of sp³-hybridized carbons (Fsp3) is 0.667. The summed E-state index contributed by atoms with van der Waals surface area (Å²) in [7, 11) is 0. The fourth-order valence-electron chi connectivity index (χ4n) is 1.50. The van der Waals surface area contributed by atoms with Gasteiger partial charge in [-0.3, -0.25) is 14.4 Å². The van der Waals surface area contributed by atoms with Crippen LogP contribution in [-0.2, 0) is 33.4 Å². The second kappa shape index (κ2) is 13.4. The van der Waals surface area contributed by atoms with Crippen LogP contribution in [0.4, 0.5) is 0 Å². The Kier molecular flexibility index (Phi) is 12.4. The molecule has 8 heteroatoms. The molecule has 0 aliphatic rings. The minimum Gasteiger partial charge on any atom is -0.466 e. The molecule has 0 aromatic heterocycles. The third-order valence-corrected chi connectivity index (χ3v) is 3.91. The summed E-state index contributed by atoms with van der Waals surface area (Å²) in [6.07, 6.45) is 1.91. The summed E-state index contributed by atoms with van der Waals surface area (Å²) >= 11 is 0.993. The lowest BCUT2D eigenvalue weighted by molar-refractivity contribution is -0.150. The molecule has 0 heterocycles. The summed E-state index contributed by atoms with van der Waals surface area (Å²) in [4.78, 5) is 45.4. The van der Waals surface area contributed by atoms with E-state index in [2.05, 4.69) is 32.1 Å². The predicted octanol–water partition coefficient (Wildman–Crippen LogP) is 2.67. The van der Waals surface area contributed by atoms with Crippen molar-refractivity contribution in [2.24, 2.45) is 5.41 Å². The van der Waals surface area contributed by atoms with Crippen LogP contribution in [0.1, 0.15) is 46.5 Å². The van der Waals surface area contributed by atoms with E-state index < -0.39 is 11.9 Å². The van der Waals surface area contributed by atoms with Crippen LogP contribution >= 0.6 is 11.8 Å². The molecule has 7 nitrogen and oxygen atoms in total. The van der Waals surface area contributed by atoms with Gasteiger partial charge >= 0.3 is 17.9 Å². The van der Waals surface area contributed by atoms with Crippen LogP contribution in [0.3, 0.4) is 0 Å². The molecule has 0 unspecified atom stereocenters. The topological polar surface area (TPSA) is 96.0 Å². The number of thioether (sulfide) groups is 1. The van der Waals surface area contributed by atoms with Gasteiger partial charge in [0, 0.05) is 18.2 Å². The van der Waals surface area contributed by atoms with Gasteiger partial charge in [-0.05, 0) is 11.8 Å². The average Bonchev–Trinajstić information content (AvgIpc) is 2.55. The van der Waals surface area contributed by atoms with Crippen molar-refractivity contribution in [3.63, 3.8) is 0 Å². The molecule has 26 heavy (non-hydrogen) atoms. The molecular weight excluding hydrogens is 360 g/mol. The van der Waals surface area contributed by atoms with Crippen LogP contribution in [-0.4, -0.2) is 48.6 Å². The molecule has 0 atom stereocenters. The molecule has 0 radical (unpaired) electrons. The van der Waals surface area contributed by atoms with Gasteiger partial charge in [0.15, 0.2) is 5.12 Å². The van der Waals surface area contributed by atoms with E-state index in [0.717, 1.165) is 24.3 Å². The van der Waals surface area contributed by atoms with Crippen molar-refractivity contribution in [2.75, 3.05) is 25.6 Å². The van der Waals surface area contributed by atoms with Gasteiger partial charge in [-0.1, -0.05) is 39.1 Å². The van der Waals surface area contributed by atoms with Gasteiger partial charge in [0.05, 0.1) is 19.4 Å². The highest BCUT2D eigenvalue weighted by Crippen LogP contribution is 2.18. The van der Waals surface area contributed by atoms with Crippen molar-refractivity contribution < 1.29 is 33.4 Å². The number of esters is 3. The molecule has 0 N–H and O–H groups in total. The van der Waals surface area contributed by atoms with Gasteiger partial charge in [-0.15, -0.1) is 0 Å². The van der Waals surface area contributed by atoms with Crippen molar-refractivity contribution >= 4 is 34.8 Å². The maximum absolute atomic E-state index is 11.7. The second-order valence-corrected chi connectivity index (χ2v) is 7.75. The summed E-state index contributed by atoms with van der Waals surface area (Å²) in [5, 5.41) is -0.192. The van der Waals surface area contributed by atoms with Crippen LogP contribution in [0.25, 0.3) is 0 Å². The Balaban J connectivity index is 3.67. The summed E-state index contributed by atoms with van der Waals surface area (Å²) in [5.41, 5.74) is 0.104. The Morgan fingerprint density at radius 1 is 0.885 bits per heavy atom. The first-order valence-electron chi connectivity index (χ1n) is 8.40. The molecule has 0 aromatic rings. The highest BCUT2D eigenvalue weighted by molar-refractivity contribution is 8.13. The highest BCUT2D eigenvalue weighted by atomic mass is 32.2. The molecule has 0 saturated carbocycles. The monoisotopic (exact) mass is 388 g/mol. The Morgan fingerprint density at radius 2 is 1.46 bits per heavy atom. The van der Waals surface area contributed by atoms with E-state index in [0.29, 0.717) is 12.4 Å². The molecule has 0 aliphatic heterocycles. The minimum absolute atomic E-state index is 0.0228. The number of hydrogen-bond acceptors (Lipinski definition) is 8. The fourth-order valence-corrected chi connectivity index (χ4v) is 2.24. The number of rotatable bonds is 12. The molecule has 0 spiro atoms. The van der Waals surface area contributed by atoms with Crippen LogP contribution in [0.2, 0.25) is 0 Å². The smallest absolute Gasteiger partial charge is 0.330 e. The van der Waals surface area contributed by atoms with Crippen molar-refractivity contribution in [3.8, 4) is 0 Å². The summed E-state index contributed by atoms with van der Waals surface area (Å²) in [6, 6.07) is 0. The van der Waals surface area contributed by atoms with Gasteiger partial charge in [0.2, 0.25) is 0 Å². The molecule has 148 valence electrons. The minimum atomic E-state index is -0.593. The van der Waals surface area contributed by atoms with E-state index in [-0.39, 0.29) is 49.0 Å². The van der Waals surface area contributed by atoms with Crippen molar-refractivity contribution in [1.29, 1.82) is 0 Å². The van der Waals surface area contributed by atoms with Gasteiger partial charge < -0.3 is 14.2 Å². The zero-order chi connectivity index (χ0) is 20.0. The summed E-state index contributed by atoms with van der Waals surface area (Å²) in [6.45, 7) is 9.66. The Labute approximate surface area is 158 Å². The van der Waals surface area contributed by atoms with Crippen LogP contribution < -0.4 is 0 Å². The maximum atomic E-state index is 11.7. The molecule has 0 aliphatic carbocycles. The van der Waals surface area contributed by atoms with E-state index in [1.807, 2.05) is 0 Å². The van der Waals surface area contributed by atoms with E-state index in [4.69, 9.17) is 9.47 Å². The Bertz CT molecular complexity index is 494. The van der Waals surface area contributed by atoms with Crippen molar-refractivity contribution in [1.82, 2.24) is 0 Å².